The lowest BCUT2D eigenvalue weighted by Crippen LogP contribution is -2.30. The molecule has 0 bridgehead atoms. The van der Waals surface area contributed by atoms with Gasteiger partial charge in [0, 0.05) is 24.0 Å². The Morgan fingerprint density at radius 3 is 2.73 bits per heavy atom. The number of hydrogen-bond donors (Lipinski definition) is 1. The number of nitrogen functional groups attached to an aromatic ring is 1. The highest BCUT2D eigenvalue weighted by Crippen LogP contribution is 2.32. The van der Waals surface area contributed by atoms with Crippen molar-refractivity contribution in [2.75, 3.05) is 12.3 Å². The standard InChI is InChI=1S/C16H12F4N4O2/c17-14(16(18,19)20)24-5-4-9(7-12(24)25)10-8-22-15(21)23-13(10)11-3-1-2-6-26-11/h1-5,7-8,14H,6H2,(H2,21,22,23). The van der Waals surface area contributed by atoms with Crippen LogP contribution in [0.4, 0.5) is 23.5 Å². The molecule has 0 aromatic carbocycles. The maximum absolute atomic E-state index is 13.4. The molecular weight excluding hydrogens is 356 g/mol. The summed E-state index contributed by atoms with van der Waals surface area (Å²) in [6.45, 7) is 0.298. The van der Waals surface area contributed by atoms with Crippen molar-refractivity contribution in [3.63, 3.8) is 0 Å². The smallest absolute Gasteiger partial charge is 0.439 e. The molecule has 2 aromatic rings. The van der Waals surface area contributed by atoms with Gasteiger partial charge < -0.3 is 10.5 Å². The quantitative estimate of drug-likeness (QED) is 0.843. The summed E-state index contributed by atoms with van der Waals surface area (Å²) in [6.07, 6.45) is -1.46. The first-order chi connectivity index (χ1) is 12.3. The van der Waals surface area contributed by atoms with Gasteiger partial charge in [-0.3, -0.25) is 9.36 Å². The van der Waals surface area contributed by atoms with Crippen LogP contribution in [0, 0.1) is 0 Å². The van der Waals surface area contributed by atoms with Crippen molar-refractivity contribution in [3.05, 3.63) is 58.8 Å². The maximum atomic E-state index is 13.4. The lowest BCUT2D eigenvalue weighted by atomic mass is 10.1. The van der Waals surface area contributed by atoms with Gasteiger partial charge in [-0.1, -0.05) is 6.08 Å². The van der Waals surface area contributed by atoms with Crippen molar-refractivity contribution < 1.29 is 22.3 Å². The van der Waals surface area contributed by atoms with Crippen molar-refractivity contribution in [1.82, 2.24) is 14.5 Å². The van der Waals surface area contributed by atoms with Crippen LogP contribution >= 0.6 is 0 Å². The van der Waals surface area contributed by atoms with Gasteiger partial charge in [-0.15, -0.1) is 0 Å². The Bertz CT molecular complexity index is 950. The van der Waals surface area contributed by atoms with E-state index in [0.717, 1.165) is 18.3 Å². The number of hydrogen-bond acceptors (Lipinski definition) is 5. The molecule has 10 heteroatoms. The van der Waals surface area contributed by atoms with E-state index < -0.39 is 18.0 Å². The van der Waals surface area contributed by atoms with Crippen molar-refractivity contribution in [2.45, 2.75) is 12.5 Å². The first kappa shape index (κ1) is 17.6. The Labute approximate surface area is 144 Å². The number of rotatable bonds is 3. The molecule has 1 aliphatic rings. The molecule has 1 atom stereocenters. The van der Waals surface area contributed by atoms with Gasteiger partial charge in [0.05, 0.1) is 0 Å². The van der Waals surface area contributed by atoms with Crippen LogP contribution in [-0.4, -0.2) is 27.3 Å². The summed E-state index contributed by atoms with van der Waals surface area (Å²) in [5, 5.41) is 0. The second kappa shape index (κ2) is 6.62. The van der Waals surface area contributed by atoms with Gasteiger partial charge >= 0.3 is 6.18 Å². The third kappa shape index (κ3) is 3.44. The number of nitrogens with zero attached hydrogens (tertiary/aromatic N) is 3. The summed E-state index contributed by atoms with van der Waals surface area (Å²) in [6, 6.07) is 2.03. The zero-order valence-corrected chi connectivity index (χ0v) is 13.1. The van der Waals surface area contributed by atoms with Gasteiger partial charge in [-0.05, 0) is 23.8 Å². The minimum atomic E-state index is -5.19. The minimum absolute atomic E-state index is 0.0412. The van der Waals surface area contributed by atoms with E-state index in [4.69, 9.17) is 10.5 Å². The molecule has 0 amide bonds. The highest BCUT2D eigenvalue weighted by molar-refractivity contribution is 5.77. The molecule has 0 fully saturated rings. The Kier molecular flexibility index (Phi) is 4.49. The molecule has 2 N–H and O–H groups in total. The molecule has 0 radical (unpaired) electrons. The van der Waals surface area contributed by atoms with Crippen molar-refractivity contribution >= 4 is 11.7 Å². The van der Waals surface area contributed by atoms with E-state index in [1.807, 2.05) is 0 Å². The predicted octanol–water partition coefficient (Wildman–Crippen LogP) is 2.85. The van der Waals surface area contributed by atoms with E-state index in [1.54, 1.807) is 18.2 Å². The van der Waals surface area contributed by atoms with Gasteiger partial charge in [0.2, 0.25) is 5.95 Å². The number of alkyl halides is 4. The van der Waals surface area contributed by atoms with E-state index in [1.165, 1.54) is 6.20 Å². The van der Waals surface area contributed by atoms with E-state index in [9.17, 15) is 22.4 Å². The van der Waals surface area contributed by atoms with Gasteiger partial charge in [0.15, 0.2) is 0 Å². The molecule has 6 nitrogen and oxygen atoms in total. The van der Waals surface area contributed by atoms with Gasteiger partial charge in [-0.25, -0.2) is 14.4 Å². The molecule has 0 saturated heterocycles. The Balaban J connectivity index is 2.08. The molecule has 3 rings (SSSR count). The topological polar surface area (TPSA) is 83.0 Å². The number of anilines is 1. The average molecular weight is 368 g/mol. The molecular formula is C16H12F4N4O2. The summed E-state index contributed by atoms with van der Waals surface area (Å²) >= 11 is 0. The Hall–Kier alpha value is -3.17. The first-order valence-electron chi connectivity index (χ1n) is 7.33. The van der Waals surface area contributed by atoms with E-state index in [-0.39, 0.29) is 21.8 Å². The van der Waals surface area contributed by atoms with Crippen LogP contribution < -0.4 is 11.3 Å². The second-order valence-electron chi connectivity index (χ2n) is 5.30. The summed E-state index contributed by atoms with van der Waals surface area (Å²) in [4.78, 5) is 19.9. The normalized spacial score (nSPS) is 15.3. The van der Waals surface area contributed by atoms with Crippen LogP contribution in [0.3, 0.4) is 0 Å². The fourth-order valence-corrected chi connectivity index (χ4v) is 2.34. The number of pyridine rings is 1. The fourth-order valence-electron chi connectivity index (χ4n) is 2.34. The maximum Gasteiger partial charge on any atom is 0.439 e. The Morgan fingerprint density at radius 2 is 2.12 bits per heavy atom. The number of ether oxygens (including phenoxy) is 1. The van der Waals surface area contributed by atoms with E-state index in [2.05, 4.69) is 9.97 Å². The van der Waals surface area contributed by atoms with Crippen molar-refractivity contribution in [2.24, 2.45) is 0 Å². The van der Waals surface area contributed by atoms with Crippen LogP contribution in [0.1, 0.15) is 12.0 Å². The highest BCUT2D eigenvalue weighted by atomic mass is 19.4. The minimum Gasteiger partial charge on any atom is -0.487 e. The van der Waals surface area contributed by atoms with Crippen molar-refractivity contribution in [1.29, 1.82) is 0 Å². The van der Waals surface area contributed by atoms with Crippen LogP contribution in [0.15, 0.2) is 47.5 Å². The number of halogens is 4. The third-order valence-electron chi connectivity index (χ3n) is 3.53. The second-order valence-corrected chi connectivity index (χ2v) is 5.30. The number of nitrogens with two attached hydrogens (primary N) is 1. The average Bonchev–Trinajstić information content (AvgIpc) is 2.61. The van der Waals surface area contributed by atoms with Crippen LogP contribution in [0.2, 0.25) is 0 Å². The summed E-state index contributed by atoms with van der Waals surface area (Å²) in [5.41, 5.74) is 5.22. The fraction of sp³-hybridized carbons (Fsp3) is 0.188. The van der Waals surface area contributed by atoms with E-state index in [0.29, 0.717) is 17.9 Å². The Morgan fingerprint density at radius 1 is 1.35 bits per heavy atom. The van der Waals surface area contributed by atoms with Gasteiger partial charge in [-0.2, -0.15) is 13.2 Å². The molecule has 1 aliphatic heterocycles. The lowest BCUT2D eigenvalue weighted by Gasteiger charge is -2.17. The number of aromatic nitrogens is 3. The molecule has 0 saturated carbocycles. The lowest BCUT2D eigenvalue weighted by molar-refractivity contribution is -0.205. The molecule has 136 valence electrons. The molecule has 26 heavy (non-hydrogen) atoms. The van der Waals surface area contributed by atoms with Crippen LogP contribution in [0.5, 0.6) is 0 Å². The van der Waals surface area contributed by atoms with Gasteiger partial charge in [0.25, 0.3) is 11.9 Å². The van der Waals surface area contributed by atoms with Gasteiger partial charge in [0.1, 0.15) is 18.1 Å². The first-order valence-corrected chi connectivity index (χ1v) is 7.33. The predicted molar refractivity (Wildman–Crippen MR) is 85.4 cm³/mol. The SMILES string of the molecule is Nc1ncc(-c2ccn(C(F)C(F)(F)F)c(=O)c2)c(C2=CC=CCO2)n1. The monoisotopic (exact) mass is 368 g/mol. The summed E-state index contributed by atoms with van der Waals surface area (Å²) < 4.78 is 56.3. The zero-order valence-electron chi connectivity index (χ0n) is 13.1. The van der Waals surface area contributed by atoms with E-state index >= 15 is 0 Å². The number of allylic oxidation sites excluding steroid dienone is 2. The highest BCUT2D eigenvalue weighted by Gasteiger charge is 2.42. The molecule has 1 unspecified atom stereocenters. The van der Waals surface area contributed by atoms with Crippen LogP contribution in [0.25, 0.3) is 16.9 Å². The molecule has 3 heterocycles. The third-order valence-corrected chi connectivity index (χ3v) is 3.53. The molecule has 0 spiro atoms. The zero-order chi connectivity index (χ0) is 18.9. The molecule has 2 aromatic heterocycles. The molecule has 0 aliphatic carbocycles. The summed E-state index contributed by atoms with van der Waals surface area (Å²) in [5.74, 6) is 0.316. The summed E-state index contributed by atoms with van der Waals surface area (Å²) in [7, 11) is 0. The van der Waals surface area contributed by atoms with Crippen molar-refractivity contribution in [3.8, 4) is 11.1 Å². The largest absolute Gasteiger partial charge is 0.487 e. The van der Waals surface area contributed by atoms with Crippen LogP contribution in [-0.2, 0) is 4.74 Å².